The van der Waals surface area contributed by atoms with Crippen molar-refractivity contribution in [1.29, 1.82) is 0 Å². The van der Waals surface area contributed by atoms with Gasteiger partial charge in [-0.1, -0.05) is 140 Å². The van der Waals surface area contributed by atoms with Crippen LogP contribution in [0, 0.1) is 0 Å². The van der Waals surface area contributed by atoms with Crippen LogP contribution < -0.4 is 0 Å². The van der Waals surface area contributed by atoms with Gasteiger partial charge in [-0.15, -0.1) is 0 Å². The summed E-state index contributed by atoms with van der Waals surface area (Å²) in [6, 6.07) is 48.1. The molecule has 7 aromatic rings. The van der Waals surface area contributed by atoms with E-state index in [1.807, 2.05) is 60.7 Å². The second-order valence-electron chi connectivity index (χ2n) is 9.27. The van der Waals surface area contributed by atoms with Gasteiger partial charge in [0.1, 0.15) is 0 Å². The first-order chi connectivity index (χ1) is 18.8. The van der Waals surface area contributed by atoms with E-state index in [-0.39, 0.29) is 0 Å². The number of hydrogen-bond donors (Lipinski definition) is 0. The maximum Gasteiger partial charge on any atom is 0.164 e. The SMILES string of the molecule is c1ccc(-c2nc(-c3ccccc3)nc(-c3cccc4c(-c5cccc6ccccc56)cccc34)n2)cc1. The lowest BCUT2D eigenvalue weighted by Gasteiger charge is -2.13. The Morgan fingerprint density at radius 2 is 0.711 bits per heavy atom. The number of fused-ring (bicyclic) bond motifs is 2. The van der Waals surface area contributed by atoms with Crippen LogP contribution in [-0.4, -0.2) is 15.0 Å². The lowest BCUT2D eigenvalue weighted by atomic mass is 9.92. The summed E-state index contributed by atoms with van der Waals surface area (Å²) in [6.45, 7) is 0. The average molecular weight is 486 g/mol. The predicted octanol–water partition coefficient (Wildman–Crippen LogP) is 8.85. The van der Waals surface area contributed by atoms with Crippen molar-refractivity contribution < 1.29 is 0 Å². The molecule has 6 aromatic carbocycles. The van der Waals surface area contributed by atoms with Crippen LogP contribution in [0.2, 0.25) is 0 Å². The van der Waals surface area contributed by atoms with Gasteiger partial charge in [-0.3, -0.25) is 0 Å². The zero-order chi connectivity index (χ0) is 25.3. The maximum absolute atomic E-state index is 4.98. The fourth-order valence-electron chi connectivity index (χ4n) is 5.13. The minimum Gasteiger partial charge on any atom is -0.208 e. The van der Waals surface area contributed by atoms with Gasteiger partial charge in [0.15, 0.2) is 17.5 Å². The molecular formula is C35H23N3. The summed E-state index contributed by atoms with van der Waals surface area (Å²) < 4.78 is 0. The van der Waals surface area contributed by atoms with E-state index in [9.17, 15) is 0 Å². The summed E-state index contributed by atoms with van der Waals surface area (Å²) in [7, 11) is 0. The minimum atomic E-state index is 0.664. The third-order valence-electron chi connectivity index (χ3n) is 6.94. The second-order valence-corrected chi connectivity index (χ2v) is 9.27. The van der Waals surface area contributed by atoms with Crippen molar-refractivity contribution in [2.24, 2.45) is 0 Å². The molecule has 3 nitrogen and oxygen atoms in total. The summed E-state index contributed by atoms with van der Waals surface area (Å²) in [5, 5.41) is 4.76. The van der Waals surface area contributed by atoms with Crippen molar-refractivity contribution in [3.8, 4) is 45.3 Å². The lowest BCUT2D eigenvalue weighted by Crippen LogP contribution is -2.00. The fraction of sp³-hybridized carbons (Fsp3) is 0. The normalized spacial score (nSPS) is 11.2. The molecule has 0 aliphatic rings. The Balaban J connectivity index is 1.47. The molecule has 0 aliphatic heterocycles. The van der Waals surface area contributed by atoms with Gasteiger partial charge in [-0.05, 0) is 32.7 Å². The van der Waals surface area contributed by atoms with Crippen LogP contribution in [0.1, 0.15) is 0 Å². The van der Waals surface area contributed by atoms with Crippen LogP contribution in [0.3, 0.4) is 0 Å². The van der Waals surface area contributed by atoms with Crippen molar-refractivity contribution in [2.75, 3.05) is 0 Å². The van der Waals surface area contributed by atoms with Gasteiger partial charge in [0.25, 0.3) is 0 Å². The molecule has 0 aliphatic carbocycles. The Morgan fingerprint density at radius 1 is 0.289 bits per heavy atom. The Hall–Kier alpha value is -5.15. The molecule has 1 heterocycles. The van der Waals surface area contributed by atoms with Crippen molar-refractivity contribution >= 4 is 21.5 Å². The Kier molecular flexibility index (Phi) is 5.45. The van der Waals surface area contributed by atoms with E-state index in [1.54, 1.807) is 0 Å². The van der Waals surface area contributed by atoms with Gasteiger partial charge in [-0.25, -0.2) is 15.0 Å². The Labute approximate surface area is 221 Å². The maximum atomic E-state index is 4.98. The second kappa shape index (κ2) is 9.38. The largest absolute Gasteiger partial charge is 0.208 e. The standard InChI is InChI=1S/C35H23N3/c1-3-13-25(14-4-1)33-36-34(26-15-5-2-6-16-26)38-35(37-33)32-23-11-21-30-29(20-10-22-31(30)32)28-19-9-17-24-12-7-8-18-27(24)28/h1-23H. The van der Waals surface area contributed by atoms with E-state index in [0.29, 0.717) is 17.5 Å². The summed E-state index contributed by atoms with van der Waals surface area (Å²) >= 11 is 0. The van der Waals surface area contributed by atoms with Crippen LogP contribution in [0.4, 0.5) is 0 Å². The highest BCUT2D eigenvalue weighted by molar-refractivity contribution is 6.08. The third kappa shape index (κ3) is 3.91. The summed E-state index contributed by atoms with van der Waals surface area (Å²) in [5.74, 6) is 1.99. The highest BCUT2D eigenvalue weighted by Gasteiger charge is 2.15. The van der Waals surface area contributed by atoms with Crippen molar-refractivity contribution in [3.63, 3.8) is 0 Å². The molecule has 0 spiro atoms. The molecule has 7 rings (SSSR count). The van der Waals surface area contributed by atoms with Gasteiger partial charge in [0, 0.05) is 16.7 Å². The molecule has 38 heavy (non-hydrogen) atoms. The van der Waals surface area contributed by atoms with Crippen LogP contribution in [-0.2, 0) is 0 Å². The highest BCUT2D eigenvalue weighted by atomic mass is 15.0. The number of aromatic nitrogens is 3. The van der Waals surface area contributed by atoms with E-state index in [4.69, 9.17) is 15.0 Å². The zero-order valence-corrected chi connectivity index (χ0v) is 20.6. The first kappa shape index (κ1) is 22.1. The van der Waals surface area contributed by atoms with Crippen molar-refractivity contribution in [1.82, 2.24) is 15.0 Å². The quantitative estimate of drug-likeness (QED) is 0.250. The Bertz CT molecular complexity index is 1850. The topological polar surface area (TPSA) is 38.7 Å². The predicted molar refractivity (Wildman–Crippen MR) is 157 cm³/mol. The van der Waals surface area contributed by atoms with Crippen LogP contribution in [0.5, 0.6) is 0 Å². The molecule has 178 valence electrons. The third-order valence-corrected chi connectivity index (χ3v) is 6.94. The smallest absolute Gasteiger partial charge is 0.164 e. The molecular weight excluding hydrogens is 462 g/mol. The van der Waals surface area contributed by atoms with Gasteiger partial charge < -0.3 is 0 Å². The van der Waals surface area contributed by atoms with E-state index in [0.717, 1.165) is 22.1 Å². The van der Waals surface area contributed by atoms with Crippen molar-refractivity contribution in [2.45, 2.75) is 0 Å². The fourth-order valence-corrected chi connectivity index (χ4v) is 5.13. The molecule has 1 aromatic heterocycles. The van der Waals surface area contributed by atoms with Crippen LogP contribution in [0.25, 0.3) is 66.8 Å². The lowest BCUT2D eigenvalue weighted by molar-refractivity contribution is 1.08. The number of nitrogens with zero attached hydrogens (tertiary/aromatic N) is 3. The van der Waals surface area contributed by atoms with E-state index in [1.165, 1.54) is 27.3 Å². The first-order valence-electron chi connectivity index (χ1n) is 12.7. The number of benzene rings is 6. The first-order valence-corrected chi connectivity index (χ1v) is 12.7. The molecule has 0 saturated carbocycles. The van der Waals surface area contributed by atoms with Crippen LogP contribution >= 0.6 is 0 Å². The van der Waals surface area contributed by atoms with E-state index < -0.39 is 0 Å². The number of rotatable bonds is 4. The molecule has 3 heteroatoms. The molecule has 0 N–H and O–H groups in total. The van der Waals surface area contributed by atoms with Gasteiger partial charge in [0.2, 0.25) is 0 Å². The molecule has 0 amide bonds. The van der Waals surface area contributed by atoms with Crippen molar-refractivity contribution in [3.05, 3.63) is 140 Å². The molecule has 0 saturated heterocycles. The molecule has 0 radical (unpaired) electrons. The summed E-state index contributed by atoms with van der Waals surface area (Å²) in [4.78, 5) is 14.8. The van der Waals surface area contributed by atoms with Gasteiger partial charge in [0.05, 0.1) is 0 Å². The van der Waals surface area contributed by atoms with Gasteiger partial charge in [-0.2, -0.15) is 0 Å². The monoisotopic (exact) mass is 485 g/mol. The molecule has 0 unspecified atom stereocenters. The minimum absolute atomic E-state index is 0.664. The molecule has 0 fully saturated rings. The van der Waals surface area contributed by atoms with Crippen LogP contribution in [0.15, 0.2) is 140 Å². The highest BCUT2D eigenvalue weighted by Crippen LogP contribution is 2.37. The molecule has 0 bridgehead atoms. The molecule has 0 atom stereocenters. The average Bonchev–Trinajstić information content (AvgIpc) is 3.01. The van der Waals surface area contributed by atoms with E-state index in [2.05, 4.69) is 78.9 Å². The summed E-state index contributed by atoms with van der Waals surface area (Å²) in [5.41, 5.74) is 5.33. The van der Waals surface area contributed by atoms with Gasteiger partial charge >= 0.3 is 0 Å². The summed E-state index contributed by atoms with van der Waals surface area (Å²) in [6.07, 6.45) is 0. The number of hydrogen-bond acceptors (Lipinski definition) is 3. The zero-order valence-electron chi connectivity index (χ0n) is 20.6. The Morgan fingerprint density at radius 3 is 1.37 bits per heavy atom. The van der Waals surface area contributed by atoms with E-state index >= 15 is 0 Å².